The van der Waals surface area contributed by atoms with Crippen LogP contribution in [0.4, 0.5) is 4.79 Å². The molecule has 2 N–H and O–H groups in total. The average Bonchev–Trinajstić information content (AvgIpc) is 3.77. The first-order valence-corrected chi connectivity index (χ1v) is 12.9. The van der Waals surface area contributed by atoms with Gasteiger partial charge in [-0.2, -0.15) is 0 Å². The molecule has 0 unspecified atom stereocenters. The van der Waals surface area contributed by atoms with Gasteiger partial charge < -0.3 is 20.1 Å². The van der Waals surface area contributed by atoms with Crippen LogP contribution >= 0.6 is 0 Å². The van der Waals surface area contributed by atoms with Gasteiger partial charge in [-0.05, 0) is 81.9 Å². The molecule has 0 saturated heterocycles. The fourth-order valence-corrected chi connectivity index (χ4v) is 3.49. The van der Waals surface area contributed by atoms with E-state index in [1.165, 1.54) is 12.0 Å². The van der Waals surface area contributed by atoms with E-state index in [1.54, 1.807) is 45.0 Å². The Bertz CT molecular complexity index is 1340. The summed E-state index contributed by atoms with van der Waals surface area (Å²) in [6.45, 7) is 4.82. The Hall–Kier alpha value is -4.76. The number of methoxy groups -OCH3 is 1. The summed E-state index contributed by atoms with van der Waals surface area (Å²) < 4.78 is 10.2. The second-order valence-corrected chi connectivity index (χ2v) is 10.1. The molecule has 0 heterocycles. The molecule has 1 aliphatic rings. The minimum Gasteiger partial charge on any atom is -0.467 e. The Morgan fingerprint density at radius 2 is 1.55 bits per heavy atom. The summed E-state index contributed by atoms with van der Waals surface area (Å²) in [5.41, 5.74) is 1.14. The quantitative estimate of drug-likeness (QED) is 0.391. The number of carbonyl (C=O) groups excluding carboxylic acids is 4. The SMILES string of the molecule is COC(=O)[C@H](CNC(=O)CN(C(=O)OC(C)(C)C)C1CC1)NC(=O)c1ccc(C#CC#Cc2ccccc2)cc1. The summed E-state index contributed by atoms with van der Waals surface area (Å²) in [5.74, 6) is 9.69. The first-order chi connectivity index (χ1) is 19.1. The monoisotopic (exact) mass is 543 g/mol. The van der Waals surface area contributed by atoms with Gasteiger partial charge in [-0.1, -0.05) is 30.0 Å². The highest BCUT2D eigenvalue weighted by Gasteiger charge is 2.36. The first-order valence-electron chi connectivity index (χ1n) is 12.9. The van der Waals surface area contributed by atoms with Crippen LogP contribution in [0.25, 0.3) is 0 Å². The average molecular weight is 544 g/mol. The van der Waals surface area contributed by atoms with E-state index in [0.29, 0.717) is 11.1 Å². The van der Waals surface area contributed by atoms with E-state index in [4.69, 9.17) is 9.47 Å². The maximum Gasteiger partial charge on any atom is 0.411 e. The van der Waals surface area contributed by atoms with Gasteiger partial charge in [0.1, 0.15) is 18.2 Å². The van der Waals surface area contributed by atoms with E-state index >= 15 is 0 Å². The molecule has 2 aromatic carbocycles. The molecule has 0 radical (unpaired) electrons. The van der Waals surface area contributed by atoms with Gasteiger partial charge in [0.25, 0.3) is 5.91 Å². The van der Waals surface area contributed by atoms with Crippen LogP contribution in [0.15, 0.2) is 54.6 Å². The zero-order valence-electron chi connectivity index (χ0n) is 23.1. The van der Waals surface area contributed by atoms with Crippen molar-refractivity contribution in [3.05, 3.63) is 71.3 Å². The number of hydrogen-bond donors (Lipinski definition) is 2. The number of rotatable bonds is 8. The zero-order chi connectivity index (χ0) is 29.1. The van der Waals surface area contributed by atoms with Gasteiger partial charge in [0, 0.05) is 29.3 Å². The van der Waals surface area contributed by atoms with Gasteiger partial charge in [0.05, 0.1) is 7.11 Å². The van der Waals surface area contributed by atoms with Gasteiger partial charge in [-0.15, -0.1) is 0 Å². The summed E-state index contributed by atoms with van der Waals surface area (Å²) in [5, 5.41) is 5.18. The van der Waals surface area contributed by atoms with Crippen molar-refractivity contribution in [3.8, 4) is 23.7 Å². The van der Waals surface area contributed by atoms with Crippen molar-refractivity contribution in [1.82, 2.24) is 15.5 Å². The van der Waals surface area contributed by atoms with Crippen LogP contribution in [-0.4, -0.2) is 66.7 Å². The van der Waals surface area contributed by atoms with Crippen molar-refractivity contribution in [2.75, 3.05) is 20.2 Å². The smallest absolute Gasteiger partial charge is 0.411 e. The number of carbonyl (C=O) groups is 4. The number of nitrogens with one attached hydrogen (secondary N) is 2. The molecular weight excluding hydrogens is 510 g/mol. The predicted octanol–water partition coefficient (Wildman–Crippen LogP) is 2.88. The van der Waals surface area contributed by atoms with Crippen LogP contribution < -0.4 is 10.6 Å². The van der Waals surface area contributed by atoms with Gasteiger partial charge in [0.15, 0.2) is 0 Å². The maximum absolute atomic E-state index is 12.8. The van der Waals surface area contributed by atoms with Crippen LogP contribution in [0, 0.1) is 23.7 Å². The summed E-state index contributed by atoms with van der Waals surface area (Å²) in [6, 6.07) is 14.8. The molecule has 0 aliphatic heterocycles. The molecule has 1 atom stereocenters. The van der Waals surface area contributed by atoms with Crippen LogP contribution in [-0.2, 0) is 19.1 Å². The Balaban J connectivity index is 1.55. The number of amides is 3. The molecule has 9 heteroatoms. The Morgan fingerprint density at radius 1 is 0.950 bits per heavy atom. The van der Waals surface area contributed by atoms with E-state index in [2.05, 4.69) is 34.3 Å². The van der Waals surface area contributed by atoms with Crippen LogP contribution in [0.3, 0.4) is 0 Å². The third-order valence-electron chi connectivity index (χ3n) is 5.62. The van der Waals surface area contributed by atoms with E-state index in [-0.39, 0.29) is 19.1 Å². The van der Waals surface area contributed by atoms with Crippen LogP contribution in [0.5, 0.6) is 0 Å². The third kappa shape index (κ3) is 9.85. The molecule has 0 bridgehead atoms. The highest BCUT2D eigenvalue weighted by Crippen LogP contribution is 2.28. The highest BCUT2D eigenvalue weighted by atomic mass is 16.6. The van der Waals surface area contributed by atoms with Crippen molar-refractivity contribution >= 4 is 23.9 Å². The first kappa shape index (κ1) is 29.8. The summed E-state index contributed by atoms with van der Waals surface area (Å²) in [6.07, 6.45) is 1.01. The Morgan fingerprint density at radius 3 is 2.10 bits per heavy atom. The largest absolute Gasteiger partial charge is 0.467 e. The molecule has 9 nitrogen and oxygen atoms in total. The Kier molecular flexibility index (Phi) is 10.3. The molecule has 1 saturated carbocycles. The second kappa shape index (κ2) is 13.9. The highest BCUT2D eigenvalue weighted by molar-refractivity contribution is 5.97. The normalized spacial score (nSPS) is 12.8. The topological polar surface area (TPSA) is 114 Å². The number of ether oxygens (including phenoxy) is 2. The fourth-order valence-electron chi connectivity index (χ4n) is 3.49. The maximum atomic E-state index is 12.8. The summed E-state index contributed by atoms with van der Waals surface area (Å²) in [4.78, 5) is 51.6. The lowest BCUT2D eigenvalue weighted by Crippen LogP contribution is -2.51. The number of esters is 1. The van der Waals surface area contributed by atoms with E-state index in [9.17, 15) is 19.2 Å². The van der Waals surface area contributed by atoms with Gasteiger partial charge in [-0.3, -0.25) is 14.5 Å². The standard InChI is InChI=1S/C31H33N3O6/c1-31(2,3)40-30(38)34(25-18-19-25)21-27(35)32-20-26(29(37)39-4)33-28(36)24-16-14-23(15-17-24)13-9-8-12-22-10-6-5-7-11-22/h5-7,10-11,14-17,25-26H,18-21H2,1-4H3,(H,32,35)(H,33,36)/t26-/m0/s1. The van der Waals surface area contributed by atoms with Crippen molar-refractivity contribution in [2.24, 2.45) is 0 Å². The molecule has 0 spiro atoms. The summed E-state index contributed by atoms with van der Waals surface area (Å²) >= 11 is 0. The molecule has 0 aromatic heterocycles. The van der Waals surface area contributed by atoms with Crippen LogP contribution in [0.1, 0.15) is 55.1 Å². The van der Waals surface area contributed by atoms with E-state index < -0.39 is 35.5 Å². The number of benzene rings is 2. The fraction of sp³-hybridized carbons (Fsp3) is 0.355. The van der Waals surface area contributed by atoms with Crippen molar-refractivity contribution < 1.29 is 28.7 Å². The molecule has 208 valence electrons. The van der Waals surface area contributed by atoms with E-state index in [1.807, 2.05) is 30.3 Å². The number of nitrogens with zero attached hydrogens (tertiary/aromatic N) is 1. The lowest BCUT2D eigenvalue weighted by atomic mass is 10.1. The van der Waals surface area contributed by atoms with Crippen molar-refractivity contribution in [1.29, 1.82) is 0 Å². The molecule has 1 aliphatic carbocycles. The van der Waals surface area contributed by atoms with E-state index in [0.717, 1.165) is 18.4 Å². The molecular formula is C31H33N3O6. The number of hydrogen-bond acceptors (Lipinski definition) is 6. The zero-order valence-corrected chi connectivity index (χ0v) is 23.1. The van der Waals surface area contributed by atoms with Crippen LogP contribution in [0.2, 0.25) is 0 Å². The van der Waals surface area contributed by atoms with Gasteiger partial charge in [-0.25, -0.2) is 9.59 Å². The second-order valence-electron chi connectivity index (χ2n) is 10.1. The molecule has 2 aromatic rings. The minimum absolute atomic E-state index is 0.0553. The predicted molar refractivity (Wildman–Crippen MR) is 149 cm³/mol. The molecule has 40 heavy (non-hydrogen) atoms. The summed E-state index contributed by atoms with van der Waals surface area (Å²) in [7, 11) is 1.19. The lowest BCUT2D eigenvalue weighted by molar-refractivity contribution is -0.142. The third-order valence-corrected chi connectivity index (χ3v) is 5.62. The van der Waals surface area contributed by atoms with Crippen molar-refractivity contribution in [2.45, 2.75) is 51.3 Å². The molecule has 1 fully saturated rings. The van der Waals surface area contributed by atoms with Gasteiger partial charge in [0.2, 0.25) is 5.91 Å². The molecule has 3 amide bonds. The molecule has 3 rings (SSSR count). The van der Waals surface area contributed by atoms with Crippen molar-refractivity contribution in [3.63, 3.8) is 0 Å². The minimum atomic E-state index is -1.13. The lowest BCUT2D eigenvalue weighted by Gasteiger charge is -2.27. The van der Waals surface area contributed by atoms with Gasteiger partial charge >= 0.3 is 12.1 Å². The Labute approximate surface area is 234 Å².